The fourth-order valence-corrected chi connectivity index (χ4v) is 6.22. The van der Waals surface area contributed by atoms with Crippen LogP contribution in [0.15, 0.2) is 132 Å². The minimum Gasteiger partial charge on any atom is -0.456 e. The summed E-state index contributed by atoms with van der Waals surface area (Å²) in [5, 5.41) is 9.50. The first-order valence-corrected chi connectivity index (χ1v) is 13.7. The number of hydrogen-bond acceptors (Lipinski definition) is 4. The third-order valence-corrected chi connectivity index (χ3v) is 8.03. The lowest BCUT2D eigenvalue weighted by molar-refractivity contribution is 0.670. The van der Waals surface area contributed by atoms with Crippen molar-refractivity contribution in [1.29, 1.82) is 0 Å². The van der Waals surface area contributed by atoms with E-state index in [2.05, 4.69) is 66.7 Å². The predicted octanol–water partition coefficient (Wildman–Crippen LogP) is 9.67. The molecule has 0 radical (unpaired) electrons. The molecule has 2 aromatic heterocycles. The average Bonchev–Trinajstić information content (AvgIpc) is 3.42. The van der Waals surface area contributed by atoms with Crippen molar-refractivity contribution in [3.8, 4) is 34.2 Å². The average molecular weight is 524 g/mol. The molecule has 2 heterocycles. The van der Waals surface area contributed by atoms with Crippen molar-refractivity contribution in [3.63, 3.8) is 0 Å². The number of hydrogen-bond donors (Lipinski definition) is 0. The molecule has 190 valence electrons. The normalized spacial score (nSPS) is 11.9. The molecule has 0 saturated heterocycles. The van der Waals surface area contributed by atoms with Crippen LogP contribution in [0.5, 0.6) is 0 Å². The molecule has 0 unspecified atom stereocenters. The molecule has 0 aliphatic carbocycles. The van der Waals surface area contributed by atoms with E-state index < -0.39 is 0 Å². The molecule has 4 nitrogen and oxygen atoms in total. The molecule has 41 heavy (non-hydrogen) atoms. The molecule has 0 fully saturated rings. The van der Waals surface area contributed by atoms with E-state index in [9.17, 15) is 0 Å². The first kappa shape index (κ1) is 22.2. The topological polar surface area (TPSA) is 51.8 Å². The largest absolute Gasteiger partial charge is 0.456 e. The minimum absolute atomic E-state index is 0.616. The Labute approximate surface area is 234 Å². The minimum atomic E-state index is 0.616. The van der Waals surface area contributed by atoms with Gasteiger partial charge in [-0.25, -0.2) is 15.0 Å². The van der Waals surface area contributed by atoms with Crippen molar-refractivity contribution in [3.05, 3.63) is 127 Å². The van der Waals surface area contributed by atoms with Gasteiger partial charge in [-0.3, -0.25) is 0 Å². The summed E-state index contributed by atoms with van der Waals surface area (Å²) >= 11 is 0. The Balaban J connectivity index is 1.39. The Morgan fingerprint density at radius 2 is 0.902 bits per heavy atom. The number of rotatable bonds is 3. The van der Waals surface area contributed by atoms with E-state index in [1.165, 1.54) is 32.3 Å². The molecule has 0 bridgehead atoms. The molecule has 7 aromatic carbocycles. The summed E-state index contributed by atoms with van der Waals surface area (Å²) in [5.74, 6) is 1.90. The summed E-state index contributed by atoms with van der Waals surface area (Å²) in [6.45, 7) is 0. The van der Waals surface area contributed by atoms with E-state index in [0.29, 0.717) is 17.5 Å². The smallest absolute Gasteiger partial charge is 0.164 e. The van der Waals surface area contributed by atoms with E-state index in [1.54, 1.807) is 0 Å². The SMILES string of the molecule is c1ccc(-c2nc(-c3ccccc3)nc(-c3cc4oc5cc6ccccc6c6c7ccccc7c(c3)c4c56)n2)cc1. The van der Waals surface area contributed by atoms with Gasteiger partial charge in [0.25, 0.3) is 0 Å². The van der Waals surface area contributed by atoms with Gasteiger partial charge in [0.15, 0.2) is 17.5 Å². The van der Waals surface area contributed by atoms with Gasteiger partial charge in [0.2, 0.25) is 0 Å². The Morgan fingerprint density at radius 3 is 1.59 bits per heavy atom. The number of aromatic nitrogens is 3. The zero-order valence-corrected chi connectivity index (χ0v) is 21.9. The zero-order valence-electron chi connectivity index (χ0n) is 21.9. The summed E-state index contributed by atoms with van der Waals surface area (Å²) in [7, 11) is 0. The monoisotopic (exact) mass is 523 g/mol. The molecule has 9 rings (SSSR count). The lowest BCUT2D eigenvalue weighted by atomic mass is 9.90. The van der Waals surface area contributed by atoms with Crippen LogP contribution in [0, 0.1) is 0 Å². The molecule has 0 spiro atoms. The van der Waals surface area contributed by atoms with Crippen molar-refractivity contribution >= 4 is 54.3 Å². The zero-order chi connectivity index (χ0) is 26.9. The number of furan rings is 1. The van der Waals surface area contributed by atoms with Crippen LogP contribution in [0.3, 0.4) is 0 Å². The number of fused-ring (bicyclic) bond motifs is 5. The van der Waals surface area contributed by atoms with Crippen molar-refractivity contribution in [1.82, 2.24) is 15.0 Å². The fourth-order valence-electron chi connectivity index (χ4n) is 6.22. The molecule has 0 saturated carbocycles. The molecule has 0 aliphatic rings. The highest BCUT2D eigenvalue weighted by molar-refractivity contribution is 6.38. The molecule has 0 atom stereocenters. The first-order valence-electron chi connectivity index (χ1n) is 13.7. The van der Waals surface area contributed by atoms with Crippen molar-refractivity contribution in [2.24, 2.45) is 0 Å². The maximum Gasteiger partial charge on any atom is 0.164 e. The number of benzene rings is 7. The standard InChI is InChI=1S/C37H21N3O/c1-3-11-22(12-4-1)35-38-36(23-13-5-2-6-14-23)40-37(39-35)25-19-29-27-17-9-10-18-28(27)32-26-16-8-7-15-24(26)20-31-34(32)33(29)30(21-25)41-31/h1-21H. The van der Waals surface area contributed by atoms with Gasteiger partial charge in [0, 0.05) is 32.8 Å². The van der Waals surface area contributed by atoms with Crippen LogP contribution in [0.2, 0.25) is 0 Å². The summed E-state index contributed by atoms with van der Waals surface area (Å²) in [6, 6.07) is 43.8. The van der Waals surface area contributed by atoms with Gasteiger partial charge < -0.3 is 4.42 Å². The summed E-state index contributed by atoms with van der Waals surface area (Å²) in [5.41, 5.74) is 4.52. The van der Waals surface area contributed by atoms with E-state index in [4.69, 9.17) is 19.4 Å². The highest BCUT2D eigenvalue weighted by Crippen LogP contribution is 2.46. The van der Waals surface area contributed by atoms with Crippen LogP contribution in [-0.4, -0.2) is 15.0 Å². The number of nitrogens with zero attached hydrogens (tertiary/aromatic N) is 3. The third-order valence-electron chi connectivity index (χ3n) is 8.03. The molecule has 0 N–H and O–H groups in total. The van der Waals surface area contributed by atoms with Crippen LogP contribution in [0.25, 0.3) is 88.4 Å². The first-order chi connectivity index (χ1) is 20.3. The van der Waals surface area contributed by atoms with E-state index in [0.717, 1.165) is 38.6 Å². The van der Waals surface area contributed by atoms with Gasteiger partial charge in [-0.15, -0.1) is 0 Å². The maximum atomic E-state index is 6.61. The lowest BCUT2D eigenvalue weighted by Gasteiger charge is -2.12. The lowest BCUT2D eigenvalue weighted by Crippen LogP contribution is -2.00. The van der Waals surface area contributed by atoms with Gasteiger partial charge in [0.1, 0.15) is 11.2 Å². The second-order valence-electron chi connectivity index (χ2n) is 10.4. The van der Waals surface area contributed by atoms with Crippen molar-refractivity contribution in [2.75, 3.05) is 0 Å². The van der Waals surface area contributed by atoms with Gasteiger partial charge in [-0.05, 0) is 45.1 Å². The quantitative estimate of drug-likeness (QED) is 0.216. The highest BCUT2D eigenvalue weighted by Gasteiger charge is 2.21. The predicted molar refractivity (Wildman–Crippen MR) is 167 cm³/mol. The second kappa shape index (κ2) is 8.44. The van der Waals surface area contributed by atoms with Crippen LogP contribution in [0.1, 0.15) is 0 Å². The van der Waals surface area contributed by atoms with E-state index >= 15 is 0 Å². The van der Waals surface area contributed by atoms with Crippen LogP contribution >= 0.6 is 0 Å². The van der Waals surface area contributed by atoms with Crippen LogP contribution in [-0.2, 0) is 0 Å². The Morgan fingerprint density at radius 1 is 0.366 bits per heavy atom. The molecule has 0 amide bonds. The van der Waals surface area contributed by atoms with Gasteiger partial charge >= 0.3 is 0 Å². The third kappa shape index (κ3) is 3.31. The van der Waals surface area contributed by atoms with Gasteiger partial charge in [-0.2, -0.15) is 0 Å². The molecule has 4 heteroatoms. The van der Waals surface area contributed by atoms with E-state index in [1.807, 2.05) is 60.7 Å². The second-order valence-corrected chi connectivity index (χ2v) is 10.4. The Hall–Kier alpha value is -5.61. The Kier molecular flexibility index (Phi) is 4.58. The maximum absolute atomic E-state index is 6.61. The van der Waals surface area contributed by atoms with Crippen LogP contribution < -0.4 is 0 Å². The van der Waals surface area contributed by atoms with Gasteiger partial charge in [0.05, 0.1) is 0 Å². The van der Waals surface area contributed by atoms with Gasteiger partial charge in [-0.1, -0.05) is 109 Å². The highest BCUT2D eigenvalue weighted by atomic mass is 16.3. The molecular weight excluding hydrogens is 502 g/mol. The van der Waals surface area contributed by atoms with Crippen molar-refractivity contribution in [2.45, 2.75) is 0 Å². The summed E-state index contributed by atoms with van der Waals surface area (Å²) < 4.78 is 6.61. The van der Waals surface area contributed by atoms with Crippen molar-refractivity contribution < 1.29 is 4.42 Å². The summed E-state index contributed by atoms with van der Waals surface area (Å²) in [4.78, 5) is 14.8. The molecule has 0 aliphatic heterocycles. The van der Waals surface area contributed by atoms with Crippen LogP contribution in [0.4, 0.5) is 0 Å². The fraction of sp³-hybridized carbons (Fsp3) is 0. The Bertz CT molecular complexity index is 2350. The molecule has 9 aromatic rings. The molecular formula is C37H21N3O. The summed E-state index contributed by atoms with van der Waals surface area (Å²) in [6.07, 6.45) is 0. The van der Waals surface area contributed by atoms with E-state index in [-0.39, 0.29) is 0 Å².